The average Bonchev–Trinajstić information content (AvgIpc) is 2.28. The summed E-state index contributed by atoms with van der Waals surface area (Å²) in [6.07, 6.45) is 1.68. The first-order valence-corrected chi connectivity index (χ1v) is 4.97. The maximum atomic E-state index is 13.0. The Morgan fingerprint density at radius 1 is 1.06 bits per heavy atom. The second-order valence-electron chi connectivity index (χ2n) is 3.51. The number of benzene rings is 1. The zero-order chi connectivity index (χ0) is 12.3. The molecule has 0 N–H and O–H groups in total. The Kier molecular flexibility index (Phi) is 3.27. The van der Waals surface area contributed by atoms with Crippen molar-refractivity contribution in [3.63, 3.8) is 0 Å². The van der Waals surface area contributed by atoms with Gasteiger partial charge in [0, 0.05) is 18.6 Å². The number of hydrogen-bond acceptors (Lipinski definition) is 3. The van der Waals surface area contributed by atoms with Crippen molar-refractivity contribution in [2.24, 2.45) is 0 Å². The first kappa shape index (κ1) is 11.4. The van der Waals surface area contributed by atoms with Gasteiger partial charge in [-0.25, -0.2) is 18.7 Å². The highest BCUT2D eigenvalue weighted by Gasteiger charge is 2.04. The third-order valence-electron chi connectivity index (χ3n) is 2.22. The van der Waals surface area contributed by atoms with Crippen LogP contribution in [0.15, 0.2) is 30.6 Å². The van der Waals surface area contributed by atoms with E-state index in [9.17, 15) is 8.78 Å². The Hall–Kier alpha value is -2.04. The Balaban J connectivity index is 2.24. The lowest BCUT2D eigenvalue weighted by Gasteiger charge is -2.03. The molecule has 0 aliphatic rings. The van der Waals surface area contributed by atoms with Crippen molar-refractivity contribution in [2.75, 3.05) is 7.11 Å². The smallest absolute Gasteiger partial charge is 0.216 e. The molecule has 1 aromatic heterocycles. The second-order valence-corrected chi connectivity index (χ2v) is 3.51. The van der Waals surface area contributed by atoms with Gasteiger partial charge in [-0.2, -0.15) is 0 Å². The monoisotopic (exact) mass is 236 g/mol. The normalized spacial score (nSPS) is 10.3. The van der Waals surface area contributed by atoms with Gasteiger partial charge < -0.3 is 4.74 Å². The van der Waals surface area contributed by atoms with Crippen molar-refractivity contribution in [2.45, 2.75) is 6.42 Å². The quantitative estimate of drug-likeness (QED) is 0.820. The molecule has 0 atom stereocenters. The molecule has 2 rings (SSSR count). The van der Waals surface area contributed by atoms with E-state index in [0.717, 1.165) is 6.07 Å². The molecule has 17 heavy (non-hydrogen) atoms. The van der Waals surface area contributed by atoms with Gasteiger partial charge in [0.2, 0.25) is 5.88 Å². The van der Waals surface area contributed by atoms with Crippen LogP contribution in [0.3, 0.4) is 0 Å². The summed E-state index contributed by atoms with van der Waals surface area (Å²) in [6.45, 7) is 0. The minimum absolute atomic E-state index is 0.327. The summed E-state index contributed by atoms with van der Waals surface area (Å²) < 4.78 is 30.9. The number of methoxy groups -OCH3 is 1. The molecule has 0 bridgehead atoms. The van der Waals surface area contributed by atoms with Crippen LogP contribution in [-0.2, 0) is 6.42 Å². The fourth-order valence-electron chi connectivity index (χ4n) is 1.51. The predicted octanol–water partition coefficient (Wildman–Crippen LogP) is 2.35. The lowest BCUT2D eigenvalue weighted by atomic mass is 10.1. The lowest BCUT2D eigenvalue weighted by molar-refractivity contribution is 0.396. The number of halogens is 2. The van der Waals surface area contributed by atoms with Gasteiger partial charge in [-0.1, -0.05) is 0 Å². The Morgan fingerprint density at radius 2 is 1.76 bits per heavy atom. The molecule has 0 saturated heterocycles. The molecule has 3 nitrogen and oxygen atoms in total. The second kappa shape index (κ2) is 4.86. The SMILES string of the molecule is COc1cc(Cc2cc(F)cc(F)c2)ncn1. The molecule has 88 valence electrons. The first-order valence-electron chi connectivity index (χ1n) is 4.97. The topological polar surface area (TPSA) is 35.0 Å². The van der Waals surface area contributed by atoms with E-state index in [4.69, 9.17) is 4.74 Å². The number of rotatable bonds is 3. The molecule has 2 aromatic rings. The van der Waals surface area contributed by atoms with Gasteiger partial charge in [-0.3, -0.25) is 0 Å². The molecule has 0 fully saturated rings. The molecule has 1 heterocycles. The summed E-state index contributed by atoms with van der Waals surface area (Å²) in [5, 5.41) is 0. The van der Waals surface area contributed by atoms with Crippen molar-refractivity contribution >= 4 is 0 Å². The summed E-state index contributed by atoms with van der Waals surface area (Å²) >= 11 is 0. The average molecular weight is 236 g/mol. The number of hydrogen-bond donors (Lipinski definition) is 0. The van der Waals surface area contributed by atoms with E-state index < -0.39 is 11.6 Å². The van der Waals surface area contributed by atoms with Crippen LogP contribution < -0.4 is 4.74 Å². The number of nitrogens with zero attached hydrogens (tertiary/aromatic N) is 2. The molecular weight excluding hydrogens is 226 g/mol. The Labute approximate surface area is 97.1 Å². The van der Waals surface area contributed by atoms with E-state index in [1.165, 1.54) is 25.6 Å². The highest BCUT2D eigenvalue weighted by Crippen LogP contribution is 2.14. The number of ether oxygens (including phenoxy) is 1. The van der Waals surface area contributed by atoms with Gasteiger partial charge in [0.1, 0.15) is 18.0 Å². The van der Waals surface area contributed by atoms with Crippen LogP contribution in [-0.4, -0.2) is 17.1 Å². The fourth-order valence-corrected chi connectivity index (χ4v) is 1.51. The van der Waals surface area contributed by atoms with Crippen LogP contribution in [0.5, 0.6) is 5.88 Å². The van der Waals surface area contributed by atoms with Crippen molar-refractivity contribution in [3.8, 4) is 5.88 Å². The number of aromatic nitrogens is 2. The van der Waals surface area contributed by atoms with Crippen LogP contribution in [0.1, 0.15) is 11.3 Å². The van der Waals surface area contributed by atoms with Crippen molar-refractivity contribution in [1.82, 2.24) is 9.97 Å². The zero-order valence-corrected chi connectivity index (χ0v) is 9.15. The Bertz CT molecular complexity index is 511. The standard InChI is InChI=1S/C12H10F2N2O/c1-17-12-6-11(15-7-16-12)4-8-2-9(13)5-10(14)3-8/h2-3,5-7H,4H2,1H3. The van der Waals surface area contributed by atoms with Gasteiger partial charge in [-0.05, 0) is 17.7 Å². The minimum Gasteiger partial charge on any atom is -0.481 e. The molecule has 0 spiro atoms. The van der Waals surface area contributed by atoms with E-state index >= 15 is 0 Å². The van der Waals surface area contributed by atoms with E-state index in [1.54, 1.807) is 6.07 Å². The van der Waals surface area contributed by atoms with Crippen LogP contribution in [0.2, 0.25) is 0 Å². The largest absolute Gasteiger partial charge is 0.481 e. The van der Waals surface area contributed by atoms with Crippen LogP contribution in [0, 0.1) is 11.6 Å². The summed E-state index contributed by atoms with van der Waals surface area (Å²) in [6, 6.07) is 5.02. The molecular formula is C12H10F2N2O. The van der Waals surface area contributed by atoms with Crippen molar-refractivity contribution < 1.29 is 13.5 Å². The zero-order valence-electron chi connectivity index (χ0n) is 9.15. The highest BCUT2D eigenvalue weighted by atomic mass is 19.1. The van der Waals surface area contributed by atoms with Crippen LogP contribution in [0.4, 0.5) is 8.78 Å². The van der Waals surface area contributed by atoms with Gasteiger partial charge in [-0.15, -0.1) is 0 Å². The summed E-state index contributed by atoms with van der Waals surface area (Å²) in [5.74, 6) is -0.770. The van der Waals surface area contributed by atoms with E-state index in [2.05, 4.69) is 9.97 Å². The van der Waals surface area contributed by atoms with E-state index in [1.807, 2.05) is 0 Å². The summed E-state index contributed by atoms with van der Waals surface area (Å²) in [7, 11) is 1.49. The summed E-state index contributed by atoms with van der Waals surface area (Å²) in [5.41, 5.74) is 1.16. The fraction of sp³-hybridized carbons (Fsp3) is 0.167. The molecule has 0 amide bonds. The van der Waals surface area contributed by atoms with Gasteiger partial charge in [0.15, 0.2) is 0 Å². The van der Waals surface area contributed by atoms with Gasteiger partial charge in [0.25, 0.3) is 0 Å². The lowest BCUT2D eigenvalue weighted by Crippen LogP contribution is -1.96. The van der Waals surface area contributed by atoms with E-state index in [-0.39, 0.29) is 0 Å². The molecule has 0 aliphatic heterocycles. The highest BCUT2D eigenvalue weighted by molar-refractivity contribution is 5.25. The van der Waals surface area contributed by atoms with Gasteiger partial charge in [0.05, 0.1) is 12.8 Å². The molecule has 0 radical (unpaired) electrons. The molecule has 5 heteroatoms. The minimum atomic E-state index is -0.596. The van der Waals surface area contributed by atoms with Crippen molar-refractivity contribution in [3.05, 3.63) is 53.5 Å². The van der Waals surface area contributed by atoms with Crippen LogP contribution >= 0.6 is 0 Å². The maximum Gasteiger partial charge on any atom is 0.216 e. The first-order chi connectivity index (χ1) is 8.17. The van der Waals surface area contributed by atoms with Gasteiger partial charge >= 0.3 is 0 Å². The van der Waals surface area contributed by atoms with Crippen molar-refractivity contribution in [1.29, 1.82) is 0 Å². The molecule has 0 unspecified atom stereocenters. The third kappa shape index (κ3) is 2.96. The van der Waals surface area contributed by atoms with E-state index in [0.29, 0.717) is 23.6 Å². The molecule has 0 aliphatic carbocycles. The Morgan fingerprint density at radius 3 is 2.41 bits per heavy atom. The molecule has 0 saturated carbocycles. The maximum absolute atomic E-state index is 13.0. The van der Waals surface area contributed by atoms with Crippen LogP contribution in [0.25, 0.3) is 0 Å². The summed E-state index contributed by atoms with van der Waals surface area (Å²) in [4.78, 5) is 7.86. The molecule has 1 aromatic carbocycles. The third-order valence-corrected chi connectivity index (χ3v) is 2.22. The predicted molar refractivity (Wildman–Crippen MR) is 57.7 cm³/mol.